The zero-order valence-electron chi connectivity index (χ0n) is 18.5. The zero-order valence-corrected chi connectivity index (χ0v) is 18.5. The van der Waals surface area contributed by atoms with Crippen LogP contribution in [-0.2, 0) is 11.3 Å². The van der Waals surface area contributed by atoms with Crippen molar-refractivity contribution in [1.29, 1.82) is 0 Å². The topological polar surface area (TPSA) is 41.5 Å². The molecule has 5 rings (SSSR count). The lowest BCUT2D eigenvalue weighted by molar-refractivity contribution is 0.0673. The molecule has 31 heavy (non-hydrogen) atoms. The Morgan fingerprint density at radius 2 is 1.74 bits per heavy atom. The maximum atomic E-state index is 5.30. The Bertz CT molecular complexity index is 1020. The number of benzene rings is 2. The second kappa shape index (κ2) is 9.03. The van der Waals surface area contributed by atoms with Gasteiger partial charge in [0.25, 0.3) is 0 Å². The highest BCUT2D eigenvalue weighted by Crippen LogP contribution is 2.39. The molecule has 5 heteroatoms. The highest BCUT2D eigenvalue weighted by molar-refractivity contribution is 5.94. The van der Waals surface area contributed by atoms with Gasteiger partial charge >= 0.3 is 0 Å². The highest BCUT2D eigenvalue weighted by Gasteiger charge is 2.41. The van der Waals surface area contributed by atoms with Gasteiger partial charge in [-0.3, -0.25) is 4.90 Å². The number of fused-ring (bicyclic) bond motifs is 1. The van der Waals surface area contributed by atoms with Gasteiger partial charge in [0, 0.05) is 56.8 Å². The largest absolute Gasteiger partial charge is 0.383 e. The van der Waals surface area contributed by atoms with Gasteiger partial charge in [-0.15, -0.1) is 0 Å². The summed E-state index contributed by atoms with van der Waals surface area (Å²) in [4.78, 5) is 14.7. The first-order valence-electron chi connectivity index (χ1n) is 11.5. The summed E-state index contributed by atoms with van der Waals surface area (Å²) in [5.41, 5.74) is 2.76. The maximum absolute atomic E-state index is 5.30. The van der Waals surface area contributed by atoms with E-state index in [0.717, 1.165) is 31.1 Å². The molecule has 1 atom stereocenters. The van der Waals surface area contributed by atoms with Gasteiger partial charge in [0.1, 0.15) is 0 Å². The van der Waals surface area contributed by atoms with E-state index in [1.165, 1.54) is 61.8 Å². The molecule has 162 valence electrons. The first-order chi connectivity index (χ1) is 15.2. The van der Waals surface area contributed by atoms with Crippen LogP contribution in [-0.4, -0.2) is 66.2 Å². The smallest absolute Gasteiger partial charge is 0.159 e. The predicted molar refractivity (Wildman–Crippen MR) is 125 cm³/mol. The molecule has 2 aliphatic rings. The van der Waals surface area contributed by atoms with Crippen molar-refractivity contribution in [1.82, 2.24) is 19.8 Å². The van der Waals surface area contributed by atoms with E-state index in [4.69, 9.17) is 14.7 Å². The molecule has 3 aromatic rings. The fourth-order valence-electron chi connectivity index (χ4n) is 5.47. The van der Waals surface area contributed by atoms with Crippen molar-refractivity contribution < 1.29 is 4.74 Å². The zero-order chi connectivity index (χ0) is 21.1. The van der Waals surface area contributed by atoms with Crippen LogP contribution in [0.4, 0.5) is 0 Å². The highest BCUT2D eigenvalue weighted by atomic mass is 16.5. The van der Waals surface area contributed by atoms with Gasteiger partial charge < -0.3 is 9.64 Å². The second-order valence-electron chi connectivity index (χ2n) is 9.27. The minimum Gasteiger partial charge on any atom is -0.383 e. The summed E-state index contributed by atoms with van der Waals surface area (Å²) < 4.78 is 5.30. The van der Waals surface area contributed by atoms with Crippen LogP contribution < -0.4 is 0 Å². The third-order valence-corrected chi connectivity index (χ3v) is 7.01. The average molecular weight is 417 g/mol. The van der Waals surface area contributed by atoms with E-state index in [-0.39, 0.29) is 0 Å². The molecular formula is C26H32N4O. The van der Waals surface area contributed by atoms with Crippen LogP contribution in [0.3, 0.4) is 0 Å². The van der Waals surface area contributed by atoms with Crippen LogP contribution in [0.15, 0.2) is 54.9 Å². The van der Waals surface area contributed by atoms with Crippen LogP contribution >= 0.6 is 0 Å². The Balaban J connectivity index is 1.24. The quantitative estimate of drug-likeness (QED) is 0.601. The number of aromatic nitrogens is 2. The number of hydrogen-bond acceptors (Lipinski definition) is 5. The van der Waals surface area contributed by atoms with Gasteiger partial charge in [-0.1, -0.05) is 42.5 Å². The molecule has 1 spiro atoms. The molecule has 0 bridgehead atoms. The molecule has 2 aromatic carbocycles. The molecule has 2 aliphatic heterocycles. The third-order valence-electron chi connectivity index (χ3n) is 7.01. The maximum Gasteiger partial charge on any atom is 0.159 e. The molecule has 0 saturated carbocycles. The molecule has 1 aromatic heterocycles. The van der Waals surface area contributed by atoms with Gasteiger partial charge in [-0.2, -0.15) is 0 Å². The lowest BCUT2D eigenvalue weighted by Crippen LogP contribution is -2.45. The molecule has 3 heterocycles. The fourth-order valence-corrected chi connectivity index (χ4v) is 5.47. The fraction of sp³-hybridized carbons (Fsp3) is 0.462. The van der Waals surface area contributed by atoms with Crippen molar-refractivity contribution in [2.75, 3.05) is 46.4 Å². The number of nitrogens with zero attached hydrogens (tertiary/aromatic N) is 4. The van der Waals surface area contributed by atoms with Gasteiger partial charge in [-0.25, -0.2) is 9.97 Å². The summed E-state index contributed by atoms with van der Waals surface area (Å²) in [7, 11) is 1.80. The van der Waals surface area contributed by atoms with Crippen molar-refractivity contribution >= 4 is 10.8 Å². The molecule has 0 radical (unpaired) electrons. The number of methoxy groups -OCH3 is 1. The third kappa shape index (κ3) is 4.49. The van der Waals surface area contributed by atoms with E-state index >= 15 is 0 Å². The molecular weight excluding hydrogens is 384 g/mol. The SMILES string of the molecule is COCCN1CCCC2(CCN(Cc3cnc(-c4cccc5ccccc45)nc3)C2)C1. The minimum absolute atomic E-state index is 0.454. The molecule has 5 nitrogen and oxygen atoms in total. The molecule has 2 fully saturated rings. The number of rotatable bonds is 6. The Hall–Kier alpha value is -2.34. The van der Waals surface area contributed by atoms with Gasteiger partial charge in [0.05, 0.1) is 6.61 Å². The standard InChI is InChI=1S/C26H32N4O/c1-31-15-14-29-12-5-10-26(19-29)11-13-30(20-26)18-21-16-27-25(28-17-21)24-9-4-7-22-6-2-3-8-23(22)24/h2-4,6-9,16-17H,5,10-15,18-20H2,1H3. The molecule has 2 saturated heterocycles. The lowest BCUT2D eigenvalue weighted by Gasteiger charge is -2.40. The van der Waals surface area contributed by atoms with Crippen molar-refractivity contribution in [2.24, 2.45) is 5.41 Å². The number of hydrogen-bond donors (Lipinski definition) is 0. The monoisotopic (exact) mass is 416 g/mol. The van der Waals surface area contributed by atoms with E-state index in [2.05, 4.69) is 52.3 Å². The number of piperidine rings is 1. The average Bonchev–Trinajstić information content (AvgIpc) is 3.19. The van der Waals surface area contributed by atoms with Gasteiger partial charge in [0.15, 0.2) is 5.82 Å². The Morgan fingerprint density at radius 1 is 0.935 bits per heavy atom. The normalized spacial score (nSPS) is 22.5. The van der Waals surface area contributed by atoms with E-state index in [9.17, 15) is 0 Å². The summed E-state index contributed by atoms with van der Waals surface area (Å²) in [6.07, 6.45) is 7.98. The summed E-state index contributed by atoms with van der Waals surface area (Å²) in [5, 5.41) is 2.43. The number of likely N-dealkylation sites (tertiary alicyclic amines) is 2. The van der Waals surface area contributed by atoms with Crippen molar-refractivity contribution in [3.8, 4) is 11.4 Å². The Labute approximate surface area is 185 Å². The molecule has 0 amide bonds. The van der Waals surface area contributed by atoms with Crippen molar-refractivity contribution in [3.05, 3.63) is 60.4 Å². The molecule has 0 N–H and O–H groups in total. The van der Waals surface area contributed by atoms with Gasteiger partial charge in [-0.05, 0) is 48.5 Å². The van der Waals surface area contributed by atoms with E-state index in [0.29, 0.717) is 5.41 Å². The summed E-state index contributed by atoms with van der Waals surface area (Å²) in [6, 6.07) is 14.8. The predicted octanol–water partition coefficient (Wildman–Crippen LogP) is 4.23. The van der Waals surface area contributed by atoms with E-state index < -0.39 is 0 Å². The van der Waals surface area contributed by atoms with E-state index in [1.807, 2.05) is 12.4 Å². The first kappa shape index (κ1) is 20.6. The van der Waals surface area contributed by atoms with E-state index in [1.54, 1.807) is 7.11 Å². The van der Waals surface area contributed by atoms with Gasteiger partial charge in [0.2, 0.25) is 0 Å². The second-order valence-corrected chi connectivity index (χ2v) is 9.27. The van der Waals surface area contributed by atoms with Crippen LogP contribution in [0.5, 0.6) is 0 Å². The first-order valence-corrected chi connectivity index (χ1v) is 11.5. The van der Waals surface area contributed by atoms with Crippen LogP contribution in [0.25, 0.3) is 22.2 Å². The number of ether oxygens (including phenoxy) is 1. The summed E-state index contributed by atoms with van der Waals surface area (Å²) in [6.45, 7) is 7.61. The molecule has 1 unspecified atom stereocenters. The summed E-state index contributed by atoms with van der Waals surface area (Å²) >= 11 is 0. The Morgan fingerprint density at radius 3 is 2.61 bits per heavy atom. The summed E-state index contributed by atoms with van der Waals surface area (Å²) in [5.74, 6) is 0.805. The lowest BCUT2D eigenvalue weighted by atomic mass is 9.79. The van der Waals surface area contributed by atoms with Crippen molar-refractivity contribution in [3.63, 3.8) is 0 Å². The molecule has 0 aliphatic carbocycles. The minimum atomic E-state index is 0.454. The Kier molecular flexibility index (Phi) is 5.99. The van der Waals surface area contributed by atoms with Crippen molar-refractivity contribution in [2.45, 2.75) is 25.8 Å². The van der Waals surface area contributed by atoms with Crippen LogP contribution in [0, 0.1) is 5.41 Å². The van der Waals surface area contributed by atoms with Crippen LogP contribution in [0.1, 0.15) is 24.8 Å². The van der Waals surface area contributed by atoms with Crippen LogP contribution in [0.2, 0.25) is 0 Å².